The van der Waals surface area contributed by atoms with Crippen molar-refractivity contribution < 1.29 is 0 Å². The van der Waals surface area contributed by atoms with E-state index in [0.29, 0.717) is 5.92 Å². The van der Waals surface area contributed by atoms with Crippen LogP contribution < -0.4 is 10.6 Å². The van der Waals surface area contributed by atoms with Crippen LogP contribution in [-0.4, -0.2) is 37.0 Å². The van der Waals surface area contributed by atoms with Crippen LogP contribution in [0.1, 0.15) is 34.4 Å². The number of likely N-dealkylation sites (tertiary alicyclic amines) is 1. The predicted octanol–water partition coefficient (Wildman–Crippen LogP) is 4.70. The number of rotatable bonds is 7. The number of aliphatic imine (C=N–C) groups is 1. The summed E-state index contributed by atoms with van der Waals surface area (Å²) in [4.78, 5) is 11.5. The molecule has 2 N–H and O–H groups in total. The summed E-state index contributed by atoms with van der Waals surface area (Å²) in [6.45, 7) is 10.4. The van der Waals surface area contributed by atoms with Gasteiger partial charge in [-0.2, -0.15) is 0 Å². The lowest BCUT2D eigenvalue weighted by Crippen LogP contribution is -2.44. The Bertz CT molecular complexity index is 684. The molecule has 0 saturated carbocycles. The molecule has 0 aromatic carbocycles. The lowest BCUT2D eigenvalue weighted by atomic mass is 9.98. The molecule has 27 heavy (non-hydrogen) atoms. The van der Waals surface area contributed by atoms with E-state index in [4.69, 9.17) is 4.99 Å². The number of nitrogens with zero attached hydrogens (tertiary/aromatic N) is 2. The second-order valence-corrected chi connectivity index (χ2v) is 9.32. The van der Waals surface area contributed by atoms with Gasteiger partial charge in [-0.3, -0.25) is 4.90 Å². The maximum absolute atomic E-state index is 4.75. The fraction of sp³-hybridized carbons (Fsp3) is 0.550. The fourth-order valence-corrected chi connectivity index (χ4v) is 4.96. The molecular formula is C20H31IN4S2. The van der Waals surface area contributed by atoms with E-state index >= 15 is 0 Å². The molecule has 1 aliphatic heterocycles. The highest BCUT2D eigenvalue weighted by Gasteiger charge is 2.20. The van der Waals surface area contributed by atoms with Gasteiger partial charge in [-0.1, -0.05) is 6.07 Å². The fourth-order valence-electron chi connectivity index (χ4n) is 3.39. The van der Waals surface area contributed by atoms with Crippen LogP contribution >= 0.6 is 46.7 Å². The lowest BCUT2D eigenvalue weighted by molar-refractivity contribution is 0.169. The van der Waals surface area contributed by atoms with Crippen molar-refractivity contribution in [1.82, 2.24) is 15.5 Å². The Labute approximate surface area is 188 Å². The highest BCUT2D eigenvalue weighted by atomic mass is 127. The van der Waals surface area contributed by atoms with Gasteiger partial charge in [-0.05, 0) is 62.7 Å². The van der Waals surface area contributed by atoms with Gasteiger partial charge in [0.1, 0.15) is 0 Å². The summed E-state index contributed by atoms with van der Waals surface area (Å²) < 4.78 is 0. The minimum absolute atomic E-state index is 0. The average Bonchev–Trinajstić information content (AvgIpc) is 3.29. The van der Waals surface area contributed by atoms with Crippen LogP contribution in [0.25, 0.3) is 0 Å². The SMILES string of the molecule is CCNC(=NCc1ccc(C)s1)NCC1CCCN(Cc2cccs2)C1.I. The van der Waals surface area contributed by atoms with Crippen LogP contribution in [-0.2, 0) is 13.1 Å². The topological polar surface area (TPSA) is 39.7 Å². The molecule has 0 aliphatic carbocycles. The zero-order valence-electron chi connectivity index (χ0n) is 16.2. The molecule has 2 aromatic rings. The monoisotopic (exact) mass is 518 g/mol. The molecule has 150 valence electrons. The van der Waals surface area contributed by atoms with E-state index < -0.39 is 0 Å². The third-order valence-corrected chi connectivity index (χ3v) is 6.50. The van der Waals surface area contributed by atoms with Crippen molar-refractivity contribution in [3.8, 4) is 0 Å². The van der Waals surface area contributed by atoms with Crippen LogP contribution in [0.3, 0.4) is 0 Å². The Kier molecular flexibility index (Phi) is 10.1. The third-order valence-electron chi connectivity index (χ3n) is 4.65. The normalized spacial score (nSPS) is 18.1. The van der Waals surface area contributed by atoms with Crippen LogP contribution in [0, 0.1) is 12.8 Å². The first-order valence-corrected chi connectivity index (χ1v) is 11.2. The van der Waals surface area contributed by atoms with Crippen molar-refractivity contribution >= 4 is 52.6 Å². The third kappa shape index (κ3) is 7.71. The smallest absolute Gasteiger partial charge is 0.191 e. The molecule has 3 rings (SSSR count). The van der Waals surface area contributed by atoms with Crippen LogP contribution in [0.5, 0.6) is 0 Å². The number of aryl methyl sites for hydroxylation is 1. The Balaban J connectivity index is 0.00000261. The van der Waals surface area contributed by atoms with Gasteiger partial charge in [0.25, 0.3) is 0 Å². The second-order valence-electron chi connectivity index (χ2n) is 6.91. The summed E-state index contributed by atoms with van der Waals surface area (Å²) in [5.41, 5.74) is 0. The molecule has 1 fully saturated rings. The Hall–Kier alpha value is -0.640. The largest absolute Gasteiger partial charge is 0.357 e. The first-order valence-electron chi connectivity index (χ1n) is 9.55. The van der Waals surface area contributed by atoms with Crippen LogP contribution in [0.4, 0.5) is 0 Å². The van der Waals surface area contributed by atoms with Gasteiger partial charge >= 0.3 is 0 Å². The summed E-state index contributed by atoms with van der Waals surface area (Å²) in [6.07, 6.45) is 2.59. The number of guanidine groups is 1. The first-order chi connectivity index (χ1) is 12.7. The maximum Gasteiger partial charge on any atom is 0.191 e. The molecule has 2 aromatic heterocycles. The second kappa shape index (κ2) is 12.0. The summed E-state index contributed by atoms with van der Waals surface area (Å²) in [7, 11) is 0. The average molecular weight is 519 g/mol. The quantitative estimate of drug-likeness (QED) is 0.317. The molecule has 1 atom stereocenters. The highest BCUT2D eigenvalue weighted by molar-refractivity contribution is 14.0. The van der Waals surface area contributed by atoms with E-state index in [1.165, 1.54) is 40.6 Å². The van der Waals surface area contributed by atoms with Gasteiger partial charge in [-0.15, -0.1) is 46.7 Å². The molecule has 0 amide bonds. The molecule has 1 saturated heterocycles. The van der Waals surface area contributed by atoms with Gasteiger partial charge in [0.15, 0.2) is 5.96 Å². The Morgan fingerprint density at radius 1 is 1.26 bits per heavy atom. The van der Waals surface area contributed by atoms with Gasteiger partial charge in [0.2, 0.25) is 0 Å². The minimum atomic E-state index is 0. The molecular weight excluding hydrogens is 487 g/mol. The molecule has 0 spiro atoms. The summed E-state index contributed by atoms with van der Waals surface area (Å²) in [5, 5.41) is 9.12. The van der Waals surface area contributed by atoms with Crippen LogP contribution in [0.15, 0.2) is 34.6 Å². The van der Waals surface area contributed by atoms with Gasteiger partial charge in [0, 0.05) is 40.8 Å². The van der Waals surface area contributed by atoms with E-state index in [1.54, 1.807) is 0 Å². The van der Waals surface area contributed by atoms with Crippen molar-refractivity contribution in [3.05, 3.63) is 44.3 Å². The number of hydrogen-bond acceptors (Lipinski definition) is 4. The Morgan fingerprint density at radius 2 is 2.15 bits per heavy atom. The van der Waals surface area contributed by atoms with Gasteiger partial charge < -0.3 is 10.6 Å². The van der Waals surface area contributed by atoms with Gasteiger partial charge in [0.05, 0.1) is 6.54 Å². The van der Waals surface area contributed by atoms with E-state index in [1.807, 2.05) is 22.7 Å². The maximum atomic E-state index is 4.75. The molecule has 1 unspecified atom stereocenters. The summed E-state index contributed by atoms with van der Waals surface area (Å²) in [5.74, 6) is 1.63. The standard InChI is InChI=1S/C20H30N4S2.HI/c1-3-21-20(23-13-18-9-8-16(2)26-18)22-12-17-6-4-10-24(14-17)15-19-7-5-11-25-19;/h5,7-9,11,17H,3-4,6,10,12-15H2,1-2H3,(H2,21,22,23);1H. The Morgan fingerprint density at radius 3 is 2.85 bits per heavy atom. The zero-order valence-corrected chi connectivity index (χ0v) is 20.2. The van der Waals surface area contributed by atoms with E-state index in [-0.39, 0.29) is 24.0 Å². The number of halogens is 1. The zero-order chi connectivity index (χ0) is 18.2. The predicted molar refractivity (Wildman–Crippen MR) is 130 cm³/mol. The first kappa shape index (κ1) is 22.6. The van der Waals surface area contributed by atoms with Crippen LogP contribution in [0.2, 0.25) is 0 Å². The highest BCUT2D eigenvalue weighted by Crippen LogP contribution is 2.20. The minimum Gasteiger partial charge on any atom is -0.357 e. The van der Waals surface area contributed by atoms with Crippen molar-refractivity contribution in [2.24, 2.45) is 10.9 Å². The van der Waals surface area contributed by atoms with Gasteiger partial charge in [-0.25, -0.2) is 4.99 Å². The van der Waals surface area contributed by atoms with Crippen molar-refractivity contribution in [2.45, 2.75) is 39.8 Å². The summed E-state index contributed by atoms with van der Waals surface area (Å²) in [6, 6.07) is 8.74. The van der Waals surface area contributed by atoms with E-state index in [0.717, 1.165) is 32.1 Å². The molecule has 0 bridgehead atoms. The molecule has 7 heteroatoms. The lowest BCUT2D eigenvalue weighted by Gasteiger charge is -2.32. The molecule has 4 nitrogen and oxygen atoms in total. The molecule has 3 heterocycles. The number of piperidine rings is 1. The number of thiophene rings is 2. The van der Waals surface area contributed by atoms with Crippen molar-refractivity contribution in [3.63, 3.8) is 0 Å². The van der Waals surface area contributed by atoms with E-state index in [9.17, 15) is 0 Å². The van der Waals surface area contributed by atoms with Crippen molar-refractivity contribution in [1.29, 1.82) is 0 Å². The van der Waals surface area contributed by atoms with E-state index in [2.05, 4.69) is 59.0 Å². The number of hydrogen-bond donors (Lipinski definition) is 2. The molecule has 1 aliphatic rings. The number of nitrogens with one attached hydrogen (secondary N) is 2. The summed E-state index contributed by atoms with van der Waals surface area (Å²) >= 11 is 3.69. The molecule has 0 radical (unpaired) electrons. The van der Waals surface area contributed by atoms with Crippen molar-refractivity contribution in [2.75, 3.05) is 26.2 Å².